The normalized spacial score (nSPS) is 22.2. The lowest BCUT2D eigenvalue weighted by atomic mass is 10.2. The first-order valence-corrected chi connectivity index (χ1v) is 7.04. The zero-order valence-corrected chi connectivity index (χ0v) is 11.2. The summed E-state index contributed by atoms with van der Waals surface area (Å²) in [5, 5.41) is 9.07. The molecule has 3 heterocycles. The van der Waals surface area contributed by atoms with Gasteiger partial charge in [-0.3, -0.25) is 4.57 Å². The lowest BCUT2D eigenvalue weighted by molar-refractivity contribution is -0.00622. The zero-order chi connectivity index (χ0) is 14.1. The fourth-order valence-electron chi connectivity index (χ4n) is 1.99. The molecule has 2 aromatic heterocycles. The summed E-state index contributed by atoms with van der Waals surface area (Å²) < 4.78 is 12.2. The standard InChI is InChI=1S/C12H13N3O4S/c13-11-7(8-2-1-3-18-8)4-15(12(17)14-11)9-6-20-10(5-16)19-9/h1-4,9-10,16H,5-6H2,(H2,13,14,17)/t9-,10+/m0/s1. The van der Waals surface area contributed by atoms with Crippen LogP contribution in [0.15, 0.2) is 33.8 Å². The van der Waals surface area contributed by atoms with Crippen molar-refractivity contribution in [1.82, 2.24) is 9.55 Å². The summed E-state index contributed by atoms with van der Waals surface area (Å²) >= 11 is 1.45. The Morgan fingerprint density at radius 3 is 3.10 bits per heavy atom. The summed E-state index contributed by atoms with van der Waals surface area (Å²) in [5.74, 6) is 1.22. The molecule has 0 saturated carbocycles. The Morgan fingerprint density at radius 1 is 1.60 bits per heavy atom. The Bertz CT molecular complexity index is 655. The minimum absolute atomic E-state index is 0.0939. The molecule has 0 unspecified atom stereocenters. The van der Waals surface area contributed by atoms with Gasteiger partial charge >= 0.3 is 5.69 Å². The molecular formula is C12H13N3O4S. The number of anilines is 1. The maximum absolute atomic E-state index is 11.9. The molecule has 0 aliphatic carbocycles. The van der Waals surface area contributed by atoms with Gasteiger partial charge in [-0.05, 0) is 12.1 Å². The first kappa shape index (κ1) is 13.2. The third kappa shape index (κ3) is 2.33. The molecule has 1 aliphatic heterocycles. The molecule has 0 bridgehead atoms. The minimum Gasteiger partial charge on any atom is -0.464 e. The second-order valence-corrected chi connectivity index (χ2v) is 5.44. The van der Waals surface area contributed by atoms with Crippen LogP contribution in [0.2, 0.25) is 0 Å². The number of furan rings is 1. The lowest BCUT2D eigenvalue weighted by Crippen LogP contribution is -2.29. The number of hydrogen-bond acceptors (Lipinski definition) is 7. The van der Waals surface area contributed by atoms with Crippen LogP contribution < -0.4 is 11.4 Å². The van der Waals surface area contributed by atoms with E-state index in [1.54, 1.807) is 18.3 Å². The summed E-state index contributed by atoms with van der Waals surface area (Å²) in [5.41, 5.74) is 5.49. The number of aliphatic hydroxyl groups is 1. The molecule has 1 fully saturated rings. The molecular weight excluding hydrogens is 282 g/mol. The van der Waals surface area contributed by atoms with E-state index in [1.807, 2.05) is 0 Å². The molecule has 3 N–H and O–H groups in total. The van der Waals surface area contributed by atoms with E-state index >= 15 is 0 Å². The van der Waals surface area contributed by atoms with Gasteiger partial charge in [0.1, 0.15) is 23.2 Å². The minimum atomic E-state index is -0.484. The van der Waals surface area contributed by atoms with Crippen molar-refractivity contribution < 1.29 is 14.3 Å². The van der Waals surface area contributed by atoms with Crippen LogP contribution in [0.4, 0.5) is 5.82 Å². The van der Waals surface area contributed by atoms with E-state index in [1.165, 1.54) is 22.6 Å². The van der Waals surface area contributed by atoms with E-state index in [4.69, 9.17) is 20.0 Å². The van der Waals surface area contributed by atoms with E-state index in [0.29, 0.717) is 17.1 Å². The largest absolute Gasteiger partial charge is 0.464 e. The van der Waals surface area contributed by atoms with Crippen LogP contribution >= 0.6 is 11.8 Å². The predicted molar refractivity (Wildman–Crippen MR) is 74.1 cm³/mol. The first-order chi connectivity index (χ1) is 9.69. The zero-order valence-electron chi connectivity index (χ0n) is 10.4. The van der Waals surface area contributed by atoms with Crippen molar-refractivity contribution in [2.45, 2.75) is 11.7 Å². The van der Waals surface area contributed by atoms with Crippen molar-refractivity contribution in [1.29, 1.82) is 0 Å². The molecule has 106 valence electrons. The van der Waals surface area contributed by atoms with E-state index < -0.39 is 11.9 Å². The quantitative estimate of drug-likeness (QED) is 0.857. The highest BCUT2D eigenvalue weighted by atomic mass is 32.2. The number of aliphatic hydroxyl groups excluding tert-OH is 1. The summed E-state index contributed by atoms with van der Waals surface area (Å²) in [6.45, 7) is -0.0939. The van der Waals surface area contributed by atoms with E-state index in [9.17, 15) is 4.79 Å². The highest BCUT2D eigenvalue weighted by molar-refractivity contribution is 8.00. The number of aromatic nitrogens is 2. The topological polar surface area (TPSA) is 104 Å². The average Bonchev–Trinajstić information content (AvgIpc) is 3.09. The summed E-state index contributed by atoms with van der Waals surface area (Å²) in [6, 6.07) is 3.47. The van der Waals surface area contributed by atoms with Gasteiger partial charge in [0.05, 0.1) is 18.4 Å². The summed E-state index contributed by atoms with van der Waals surface area (Å²) in [6.07, 6.45) is 2.63. The first-order valence-electron chi connectivity index (χ1n) is 5.99. The molecule has 0 amide bonds. The maximum atomic E-state index is 11.9. The molecule has 0 aromatic carbocycles. The van der Waals surface area contributed by atoms with Gasteiger partial charge in [0.2, 0.25) is 0 Å². The van der Waals surface area contributed by atoms with Crippen molar-refractivity contribution in [3.63, 3.8) is 0 Å². The lowest BCUT2D eigenvalue weighted by Gasteiger charge is -2.15. The molecule has 1 saturated heterocycles. The van der Waals surface area contributed by atoms with Crippen molar-refractivity contribution in [3.8, 4) is 11.3 Å². The number of ether oxygens (including phenoxy) is 1. The number of nitrogens with zero attached hydrogens (tertiary/aromatic N) is 2. The molecule has 8 heteroatoms. The second-order valence-electron chi connectivity index (χ2n) is 4.24. The van der Waals surface area contributed by atoms with Crippen molar-refractivity contribution in [2.75, 3.05) is 18.1 Å². The van der Waals surface area contributed by atoms with E-state index in [0.717, 1.165) is 0 Å². The van der Waals surface area contributed by atoms with Gasteiger partial charge in [0, 0.05) is 11.9 Å². The van der Waals surface area contributed by atoms with Gasteiger partial charge in [0.25, 0.3) is 0 Å². The summed E-state index contributed by atoms with van der Waals surface area (Å²) in [7, 11) is 0. The number of nitrogen functional groups attached to an aromatic ring is 1. The van der Waals surface area contributed by atoms with Gasteiger partial charge in [0.15, 0.2) is 0 Å². The Morgan fingerprint density at radius 2 is 2.45 bits per heavy atom. The summed E-state index contributed by atoms with van der Waals surface area (Å²) in [4.78, 5) is 15.7. The Kier molecular flexibility index (Phi) is 3.51. The van der Waals surface area contributed by atoms with Crippen LogP contribution in [0, 0.1) is 0 Å². The molecule has 20 heavy (non-hydrogen) atoms. The van der Waals surface area contributed by atoms with Crippen molar-refractivity contribution >= 4 is 17.6 Å². The predicted octanol–water partition coefficient (Wildman–Crippen LogP) is 0.666. The Labute approximate surface area is 118 Å². The van der Waals surface area contributed by atoms with Gasteiger partial charge in [-0.15, -0.1) is 11.8 Å². The number of thioether (sulfide) groups is 1. The van der Waals surface area contributed by atoms with E-state index in [2.05, 4.69) is 4.98 Å². The highest BCUT2D eigenvalue weighted by Crippen LogP contribution is 2.32. The van der Waals surface area contributed by atoms with E-state index in [-0.39, 0.29) is 17.9 Å². The van der Waals surface area contributed by atoms with Crippen molar-refractivity contribution in [3.05, 3.63) is 35.1 Å². The molecule has 7 nitrogen and oxygen atoms in total. The van der Waals surface area contributed by atoms with Crippen molar-refractivity contribution in [2.24, 2.45) is 0 Å². The maximum Gasteiger partial charge on any atom is 0.351 e. The Balaban J connectivity index is 2.00. The molecule has 3 rings (SSSR count). The van der Waals surface area contributed by atoms with Gasteiger partial charge in [-0.2, -0.15) is 4.98 Å². The fourth-order valence-corrected chi connectivity index (χ4v) is 2.93. The molecule has 0 radical (unpaired) electrons. The molecule has 0 spiro atoms. The van der Waals surface area contributed by atoms with Crippen LogP contribution in [0.1, 0.15) is 6.23 Å². The number of hydrogen-bond donors (Lipinski definition) is 2. The third-order valence-electron chi connectivity index (χ3n) is 2.96. The number of rotatable bonds is 3. The monoisotopic (exact) mass is 295 g/mol. The van der Waals surface area contributed by atoms with Crippen LogP contribution in [0.3, 0.4) is 0 Å². The van der Waals surface area contributed by atoms with Gasteiger partial charge in [-0.25, -0.2) is 4.79 Å². The fraction of sp³-hybridized carbons (Fsp3) is 0.333. The van der Waals surface area contributed by atoms with Crippen LogP contribution in [0.5, 0.6) is 0 Å². The van der Waals surface area contributed by atoms with Gasteiger partial charge < -0.3 is 20.0 Å². The highest BCUT2D eigenvalue weighted by Gasteiger charge is 2.28. The second kappa shape index (κ2) is 5.31. The average molecular weight is 295 g/mol. The van der Waals surface area contributed by atoms with Crippen LogP contribution in [-0.2, 0) is 4.74 Å². The SMILES string of the molecule is Nc1nc(=O)n([C@@H]2CS[C@H](CO)O2)cc1-c1ccco1. The Hall–Kier alpha value is -1.77. The van der Waals surface area contributed by atoms with Gasteiger partial charge in [-0.1, -0.05) is 0 Å². The molecule has 2 atom stereocenters. The van der Waals surface area contributed by atoms with Crippen LogP contribution in [-0.4, -0.2) is 32.5 Å². The molecule has 2 aromatic rings. The number of nitrogens with two attached hydrogens (primary N) is 1. The smallest absolute Gasteiger partial charge is 0.351 e. The third-order valence-corrected chi connectivity index (χ3v) is 4.07. The molecule has 1 aliphatic rings. The van der Waals surface area contributed by atoms with Crippen LogP contribution in [0.25, 0.3) is 11.3 Å².